The molecule has 0 aromatic carbocycles. The Balaban J connectivity index is -0.00000000997. The third-order valence-corrected chi connectivity index (χ3v) is 0. The molecule has 0 aromatic rings. The maximum Gasteiger partial charge on any atom is 1.00 e. The second-order valence-corrected chi connectivity index (χ2v) is 3.11. The SMILES string of the molecule is O=C(O)O.O=C(O)O.O=C(O)O.O=C(O)O.O=C(O)O.O=C(O)O.O=C(O)O.O=C(O)O.O=C(O)O.O=C(O)O.O=C(O)O.[H-].[H-].[H-].[H-].[H-].[H-].[Na+].[Na+].[Na+].[Na+].[Na+].[Na+]. The van der Waals surface area contributed by atoms with Crippen LogP contribution in [0.4, 0.5) is 52.7 Å². The Labute approximate surface area is 413 Å². The molecular weight excluding hydrogens is 798 g/mol. The van der Waals surface area contributed by atoms with Crippen LogP contribution in [0.2, 0.25) is 0 Å². The average molecular weight is 826 g/mol. The van der Waals surface area contributed by atoms with Gasteiger partial charge in [-0.15, -0.1) is 0 Å². The largest absolute Gasteiger partial charge is 1.00 e. The quantitative estimate of drug-likeness (QED) is 0.101. The molecule has 0 bridgehead atoms. The van der Waals surface area contributed by atoms with Gasteiger partial charge in [0.05, 0.1) is 0 Å². The zero-order valence-corrected chi connectivity index (χ0v) is 37.8. The minimum atomic E-state index is -1.83. The molecule has 0 aliphatic heterocycles. The summed E-state index contributed by atoms with van der Waals surface area (Å²) < 4.78 is 0. The van der Waals surface area contributed by atoms with Crippen LogP contribution in [-0.4, -0.2) is 180 Å². The Bertz CT molecular complexity index is 571. The van der Waals surface area contributed by atoms with Crippen molar-refractivity contribution in [3.05, 3.63) is 0 Å². The Kier molecular flexibility index (Phi) is 228. The van der Waals surface area contributed by atoms with Gasteiger partial charge in [-0.3, -0.25) is 0 Å². The Hall–Kier alpha value is -2.03. The van der Waals surface area contributed by atoms with Gasteiger partial charge in [0, 0.05) is 0 Å². The summed E-state index contributed by atoms with van der Waals surface area (Å²) in [5.74, 6) is 0. The van der Waals surface area contributed by atoms with Gasteiger partial charge >= 0.3 is 245 Å². The van der Waals surface area contributed by atoms with Gasteiger partial charge in [-0.05, 0) is 0 Å². The van der Waals surface area contributed by atoms with E-state index in [4.69, 9.17) is 165 Å². The predicted octanol–water partition coefficient (Wildman–Crippen LogP) is -14.9. The van der Waals surface area contributed by atoms with Crippen LogP contribution in [0, 0.1) is 0 Å². The number of hydrogen-bond donors (Lipinski definition) is 22. The summed E-state index contributed by atoms with van der Waals surface area (Å²) in [5, 5.41) is 153. The summed E-state index contributed by atoms with van der Waals surface area (Å²) in [7, 11) is 0. The summed E-state index contributed by atoms with van der Waals surface area (Å²) in [6.07, 6.45) is -20.2. The molecular formula is C11H28Na6O33. The molecule has 22 N–H and O–H groups in total. The predicted molar refractivity (Wildman–Crippen MR) is 124 cm³/mol. The summed E-state index contributed by atoms with van der Waals surface area (Å²) in [4.78, 5) is 94.1. The normalized spacial score (nSPS) is 5.28. The van der Waals surface area contributed by atoms with Crippen LogP contribution in [0.5, 0.6) is 0 Å². The van der Waals surface area contributed by atoms with Crippen molar-refractivity contribution in [2.75, 3.05) is 0 Å². The van der Waals surface area contributed by atoms with Crippen LogP contribution in [0.25, 0.3) is 0 Å². The smallest absolute Gasteiger partial charge is 1.00 e. The molecule has 0 fully saturated rings. The van der Waals surface area contributed by atoms with Gasteiger partial charge in [0.1, 0.15) is 0 Å². The molecule has 0 heterocycles. The van der Waals surface area contributed by atoms with Crippen molar-refractivity contribution < 1.29 is 351 Å². The fourth-order valence-electron chi connectivity index (χ4n) is 0. The second-order valence-electron chi connectivity index (χ2n) is 3.11. The molecule has 0 aromatic heterocycles. The molecule has 50 heavy (non-hydrogen) atoms. The third-order valence-electron chi connectivity index (χ3n) is 0. The fourth-order valence-corrected chi connectivity index (χ4v) is 0. The first-order valence-corrected chi connectivity index (χ1v) is 7.16. The van der Waals surface area contributed by atoms with Crippen molar-refractivity contribution in [3.8, 4) is 0 Å². The van der Waals surface area contributed by atoms with Gasteiger partial charge in [-0.2, -0.15) is 0 Å². The van der Waals surface area contributed by atoms with Crippen LogP contribution in [-0.2, 0) is 0 Å². The summed E-state index contributed by atoms with van der Waals surface area (Å²) in [6, 6.07) is 0. The molecule has 39 heteroatoms. The molecule has 0 aliphatic rings. The minimum absolute atomic E-state index is 0. The molecule has 0 aliphatic carbocycles. The van der Waals surface area contributed by atoms with Gasteiger partial charge in [-0.25, -0.2) is 52.7 Å². The van der Waals surface area contributed by atoms with Crippen molar-refractivity contribution in [2.24, 2.45) is 0 Å². The fraction of sp³-hybridized carbons (Fsp3) is 0. The van der Waals surface area contributed by atoms with E-state index in [9.17, 15) is 0 Å². The van der Waals surface area contributed by atoms with E-state index in [1.807, 2.05) is 0 Å². The standard InChI is InChI=1S/11CH2O3.6Na.6H/c11*2-1(3)4;;;;;;;;;;;;/h11*(H2,2,3,4);;;;;;;;;;;;/q;;;;;;;;;;;6*+1;6*-1. The molecule has 0 saturated heterocycles. The molecule has 0 saturated carbocycles. The Morgan fingerprint density at radius 3 is 0.160 bits per heavy atom. The topological polar surface area (TPSA) is 633 Å². The maximum absolute atomic E-state index is 8.56. The van der Waals surface area contributed by atoms with Crippen LogP contribution >= 0.6 is 0 Å². The monoisotopic (exact) mass is 826 g/mol. The van der Waals surface area contributed by atoms with Crippen LogP contribution in [0.1, 0.15) is 8.56 Å². The Morgan fingerprint density at radius 1 is 0.160 bits per heavy atom. The van der Waals surface area contributed by atoms with E-state index in [0.717, 1.165) is 0 Å². The van der Waals surface area contributed by atoms with E-state index in [0.29, 0.717) is 0 Å². The van der Waals surface area contributed by atoms with Gasteiger partial charge in [0.2, 0.25) is 0 Å². The summed E-state index contributed by atoms with van der Waals surface area (Å²) in [6.45, 7) is 0. The van der Waals surface area contributed by atoms with Crippen LogP contribution in [0.15, 0.2) is 0 Å². The van der Waals surface area contributed by atoms with Gasteiger partial charge in [0.15, 0.2) is 0 Å². The number of hydrogen-bond acceptors (Lipinski definition) is 11. The van der Waals surface area contributed by atoms with Crippen molar-refractivity contribution >= 4 is 67.7 Å². The molecule has 33 nitrogen and oxygen atoms in total. The minimum Gasteiger partial charge on any atom is -1.00 e. The number of carbonyl (C=O) groups is 11. The first-order chi connectivity index (χ1) is 19.1. The number of rotatable bonds is 0. The summed E-state index contributed by atoms with van der Waals surface area (Å²) in [5.41, 5.74) is 0. The third kappa shape index (κ3) is 22600. The molecule has 0 rings (SSSR count). The molecule has 0 atom stereocenters. The first-order valence-electron chi connectivity index (χ1n) is 7.16. The molecule has 0 amide bonds. The first kappa shape index (κ1) is 110. The van der Waals surface area contributed by atoms with Crippen LogP contribution in [0.3, 0.4) is 0 Å². The van der Waals surface area contributed by atoms with E-state index in [-0.39, 0.29) is 186 Å². The second kappa shape index (κ2) is 103. The van der Waals surface area contributed by atoms with E-state index < -0.39 is 67.7 Å². The van der Waals surface area contributed by atoms with Crippen molar-refractivity contribution in [2.45, 2.75) is 0 Å². The zero-order valence-electron chi connectivity index (χ0n) is 31.8. The van der Waals surface area contributed by atoms with Gasteiger partial charge < -0.3 is 121 Å². The zero-order chi connectivity index (χ0) is 39.4. The van der Waals surface area contributed by atoms with Gasteiger partial charge in [0.25, 0.3) is 0 Å². The Morgan fingerprint density at radius 2 is 0.160 bits per heavy atom. The van der Waals surface area contributed by atoms with E-state index in [1.54, 1.807) is 0 Å². The molecule has 276 valence electrons. The van der Waals surface area contributed by atoms with Crippen molar-refractivity contribution in [3.63, 3.8) is 0 Å². The van der Waals surface area contributed by atoms with E-state index in [2.05, 4.69) is 0 Å². The van der Waals surface area contributed by atoms with Crippen molar-refractivity contribution in [1.82, 2.24) is 0 Å². The van der Waals surface area contributed by atoms with E-state index in [1.165, 1.54) is 0 Å². The molecule has 0 unspecified atom stereocenters. The average Bonchev–Trinajstić information content (AvgIpc) is 2.55. The molecule has 0 spiro atoms. The maximum atomic E-state index is 8.56. The summed E-state index contributed by atoms with van der Waals surface area (Å²) >= 11 is 0. The number of carboxylic acid groups (broad SMARTS) is 22. The van der Waals surface area contributed by atoms with Crippen molar-refractivity contribution in [1.29, 1.82) is 0 Å². The van der Waals surface area contributed by atoms with Crippen LogP contribution < -0.4 is 177 Å². The van der Waals surface area contributed by atoms with E-state index >= 15 is 0 Å². The van der Waals surface area contributed by atoms with Gasteiger partial charge in [-0.1, -0.05) is 0 Å². The molecule has 0 radical (unpaired) electrons.